The van der Waals surface area contributed by atoms with Crippen LogP contribution in [0.5, 0.6) is 0 Å². The van der Waals surface area contributed by atoms with Gasteiger partial charge in [-0.15, -0.1) is 0 Å². The molecule has 1 saturated heterocycles. The summed E-state index contributed by atoms with van der Waals surface area (Å²) in [5, 5.41) is 11.6. The van der Waals surface area contributed by atoms with Crippen LogP contribution in [0.3, 0.4) is 0 Å². The van der Waals surface area contributed by atoms with Crippen LogP contribution in [0.15, 0.2) is 12.3 Å². The van der Waals surface area contributed by atoms with Crippen LogP contribution in [0.2, 0.25) is 0 Å². The highest BCUT2D eigenvalue weighted by molar-refractivity contribution is 7.81. The molecule has 2 heterocycles. The van der Waals surface area contributed by atoms with Crippen LogP contribution >= 0.6 is 12.2 Å². The summed E-state index contributed by atoms with van der Waals surface area (Å²) < 4.78 is 0. The van der Waals surface area contributed by atoms with Crippen LogP contribution in [0.4, 0.5) is 0 Å². The first-order valence-electron chi connectivity index (χ1n) is 5.80. The second kappa shape index (κ2) is 5.68. The number of rotatable bonds is 3. The summed E-state index contributed by atoms with van der Waals surface area (Å²) in [6.45, 7) is 4.26. The van der Waals surface area contributed by atoms with Crippen molar-refractivity contribution >= 4 is 23.0 Å². The molecule has 0 aromatic carbocycles. The number of nitrogens with one attached hydrogen (secondary N) is 1. The first-order valence-corrected chi connectivity index (χ1v) is 6.21. The fourth-order valence-electron chi connectivity index (χ4n) is 2.24. The molecule has 17 heavy (non-hydrogen) atoms. The maximum Gasteiger partial charge on any atom is 0.246 e. The number of nitrogens with zero attached hydrogens (tertiary/aromatic N) is 2. The van der Waals surface area contributed by atoms with Gasteiger partial charge in [0.1, 0.15) is 6.04 Å². The van der Waals surface area contributed by atoms with Gasteiger partial charge in [0.2, 0.25) is 5.91 Å². The maximum absolute atomic E-state index is 11.8. The van der Waals surface area contributed by atoms with Crippen LogP contribution in [0.25, 0.3) is 0 Å². The number of amides is 1. The van der Waals surface area contributed by atoms with E-state index < -0.39 is 0 Å². The average Bonchev–Trinajstić information content (AvgIpc) is 2.31. The molecule has 2 rings (SSSR count). The van der Waals surface area contributed by atoms with Gasteiger partial charge in [-0.1, -0.05) is 12.2 Å². The molecule has 2 N–H and O–H groups in total. The van der Waals surface area contributed by atoms with Crippen LogP contribution in [0, 0.1) is 0 Å². The highest BCUT2D eigenvalue weighted by Gasteiger charge is 2.32. The lowest BCUT2D eigenvalue weighted by Gasteiger charge is -2.38. The highest BCUT2D eigenvalue weighted by atomic mass is 32.1. The van der Waals surface area contributed by atoms with Gasteiger partial charge < -0.3 is 10.4 Å². The van der Waals surface area contributed by atoms with Gasteiger partial charge >= 0.3 is 0 Å². The lowest BCUT2D eigenvalue weighted by atomic mass is 10.1. The second-order valence-corrected chi connectivity index (χ2v) is 4.72. The molecule has 0 radical (unpaired) electrons. The number of carbonyl (C=O) groups excluding carboxylic acids is 1. The molecule has 0 aliphatic carbocycles. The van der Waals surface area contributed by atoms with Crippen molar-refractivity contribution in [3.63, 3.8) is 0 Å². The lowest BCUT2D eigenvalue weighted by Crippen LogP contribution is -2.58. The van der Waals surface area contributed by atoms with Crippen molar-refractivity contribution in [3.05, 3.63) is 12.3 Å². The summed E-state index contributed by atoms with van der Waals surface area (Å²) in [5.41, 5.74) is 0. The molecule has 0 aromatic heterocycles. The Balaban J connectivity index is 1.94. The molecule has 2 aliphatic heterocycles. The zero-order valence-electron chi connectivity index (χ0n) is 9.63. The monoisotopic (exact) mass is 255 g/mol. The van der Waals surface area contributed by atoms with E-state index in [0.29, 0.717) is 11.4 Å². The number of hydrogen-bond donors (Lipinski definition) is 2. The molecule has 0 spiro atoms. The molecule has 0 aromatic rings. The van der Waals surface area contributed by atoms with Gasteiger partial charge in [0.05, 0.1) is 6.61 Å². The first kappa shape index (κ1) is 12.6. The molecule has 94 valence electrons. The van der Waals surface area contributed by atoms with Crippen LogP contribution in [-0.4, -0.2) is 71.1 Å². The molecule has 6 heteroatoms. The van der Waals surface area contributed by atoms with Gasteiger partial charge in [0, 0.05) is 43.8 Å². The first-order chi connectivity index (χ1) is 8.22. The molecule has 5 nitrogen and oxygen atoms in total. The fourth-order valence-corrected chi connectivity index (χ4v) is 2.56. The van der Waals surface area contributed by atoms with E-state index in [2.05, 4.69) is 15.1 Å². The topological polar surface area (TPSA) is 55.8 Å². The fraction of sp³-hybridized carbons (Fsp3) is 0.636. The molecule has 1 unspecified atom stereocenters. The summed E-state index contributed by atoms with van der Waals surface area (Å²) in [4.78, 5) is 16.7. The maximum atomic E-state index is 11.8. The van der Waals surface area contributed by atoms with E-state index >= 15 is 0 Å². The van der Waals surface area contributed by atoms with Gasteiger partial charge in [-0.3, -0.25) is 14.6 Å². The smallest absolute Gasteiger partial charge is 0.246 e. The van der Waals surface area contributed by atoms with Crippen molar-refractivity contribution in [3.8, 4) is 0 Å². The third-order valence-corrected chi connectivity index (χ3v) is 3.54. The number of thiocarbonyl (C=S) groups is 1. The Morgan fingerprint density at radius 3 is 2.71 bits per heavy atom. The summed E-state index contributed by atoms with van der Waals surface area (Å²) in [6, 6.07) is -0.300. The van der Waals surface area contributed by atoms with Gasteiger partial charge in [-0.05, 0) is 6.08 Å². The Morgan fingerprint density at radius 1 is 1.41 bits per heavy atom. The van der Waals surface area contributed by atoms with Crippen LogP contribution in [-0.2, 0) is 4.79 Å². The van der Waals surface area contributed by atoms with Crippen molar-refractivity contribution in [1.29, 1.82) is 0 Å². The summed E-state index contributed by atoms with van der Waals surface area (Å²) in [6.07, 6.45) is 3.38. The third-order valence-electron chi connectivity index (χ3n) is 3.18. The minimum absolute atomic E-state index is 0.0342. The molecular formula is C11H17N3O2S. The van der Waals surface area contributed by atoms with Crippen molar-refractivity contribution in [2.75, 3.05) is 39.3 Å². The van der Waals surface area contributed by atoms with E-state index in [1.165, 1.54) is 0 Å². The molecule has 2 aliphatic rings. The van der Waals surface area contributed by atoms with E-state index in [1.54, 1.807) is 12.3 Å². The Morgan fingerprint density at radius 2 is 2.12 bits per heavy atom. The largest absolute Gasteiger partial charge is 0.395 e. The Bertz CT molecular complexity index is 338. The number of hydrogen-bond acceptors (Lipinski definition) is 5. The zero-order valence-corrected chi connectivity index (χ0v) is 10.4. The van der Waals surface area contributed by atoms with Crippen molar-refractivity contribution in [2.45, 2.75) is 6.04 Å². The van der Waals surface area contributed by atoms with Gasteiger partial charge in [-0.2, -0.15) is 0 Å². The molecular weight excluding hydrogens is 238 g/mol. The molecule has 1 fully saturated rings. The van der Waals surface area contributed by atoms with E-state index in [4.69, 9.17) is 17.3 Å². The minimum atomic E-state index is -0.300. The van der Waals surface area contributed by atoms with Crippen molar-refractivity contribution in [2.24, 2.45) is 0 Å². The van der Waals surface area contributed by atoms with E-state index in [9.17, 15) is 4.79 Å². The summed E-state index contributed by atoms with van der Waals surface area (Å²) >= 11 is 5.22. The van der Waals surface area contributed by atoms with E-state index in [0.717, 1.165) is 26.2 Å². The molecule has 0 bridgehead atoms. The third kappa shape index (κ3) is 2.90. The number of β-amino-alcohol motifs (C(OH)–C–C–N with tert-alkyl or cyclic N) is 1. The quantitative estimate of drug-likeness (QED) is 0.632. The number of aliphatic hydroxyl groups is 1. The Kier molecular flexibility index (Phi) is 4.22. The van der Waals surface area contributed by atoms with Gasteiger partial charge in [0.25, 0.3) is 0 Å². The van der Waals surface area contributed by atoms with Crippen LogP contribution < -0.4 is 5.32 Å². The molecule has 0 saturated carbocycles. The normalized spacial score (nSPS) is 27.2. The Hall–Kier alpha value is -0.820. The van der Waals surface area contributed by atoms with Crippen LogP contribution in [0.1, 0.15) is 0 Å². The Labute approximate surface area is 106 Å². The van der Waals surface area contributed by atoms with Gasteiger partial charge in [0.15, 0.2) is 0 Å². The van der Waals surface area contributed by atoms with Crippen molar-refractivity contribution in [1.82, 2.24) is 15.1 Å². The minimum Gasteiger partial charge on any atom is -0.395 e. The average molecular weight is 255 g/mol. The number of aliphatic hydroxyl groups excluding tert-OH is 1. The predicted octanol–water partition coefficient (Wildman–Crippen LogP) is -1.02. The van der Waals surface area contributed by atoms with E-state index in [1.807, 2.05) is 0 Å². The van der Waals surface area contributed by atoms with E-state index in [-0.39, 0.29) is 18.6 Å². The highest BCUT2D eigenvalue weighted by Crippen LogP contribution is 2.11. The zero-order chi connectivity index (χ0) is 12.3. The lowest BCUT2D eigenvalue weighted by molar-refractivity contribution is -0.123. The summed E-state index contributed by atoms with van der Waals surface area (Å²) in [7, 11) is 0. The predicted molar refractivity (Wildman–Crippen MR) is 68.8 cm³/mol. The van der Waals surface area contributed by atoms with Crippen molar-refractivity contribution < 1.29 is 9.90 Å². The molecule has 1 amide bonds. The standard InChI is InChI=1S/C11H17N3O2S/c15-8-7-13-3-5-14(6-4-13)10-9(17)1-2-12-11(10)16/h1-2,10,15H,3-8H2,(H,12,16). The summed E-state index contributed by atoms with van der Waals surface area (Å²) in [5.74, 6) is -0.0342. The SMILES string of the molecule is O=C1NC=CC(=S)C1N1CCN(CCO)CC1. The second-order valence-electron chi connectivity index (χ2n) is 4.25. The molecule has 1 atom stereocenters. The van der Waals surface area contributed by atoms with Gasteiger partial charge in [-0.25, -0.2) is 0 Å². The number of carbonyl (C=O) groups is 1. The number of piperazine rings is 1.